The van der Waals surface area contributed by atoms with Crippen molar-refractivity contribution in [3.63, 3.8) is 0 Å². The summed E-state index contributed by atoms with van der Waals surface area (Å²) in [6.07, 6.45) is 9.64. The molecule has 0 bridgehead atoms. The average Bonchev–Trinajstić information content (AvgIpc) is 3.10. The fourth-order valence-electron chi connectivity index (χ4n) is 2.72. The zero-order valence-electron chi connectivity index (χ0n) is 12.4. The quantitative estimate of drug-likeness (QED) is 0.902. The molecule has 2 aromatic heterocycles. The maximum atomic E-state index is 12.3. The van der Waals surface area contributed by atoms with Gasteiger partial charge in [0.15, 0.2) is 0 Å². The molecule has 1 fully saturated rings. The number of hydrogen-bond acceptors (Lipinski definition) is 5. The Morgan fingerprint density at radius 2 is 2.14 bits per heavy atom. The molecular formula is C15H20N6O. The van der Waals surface area contributed by atoms with Gasteiger partial charge in [-0.25, -0.2) is 9.97 Å². The molecule has 1 N–H and O–H groups in total. The Hall–Kier alpha value is -2.44. The monoisotopic (exact) mass is 300 g/mol. The van der Waals surface area contributed by atoms with Crippen LogP contribution >= 0.6 is 0 Å². The molecular weight excluding hydrogens is 280 g/mol. The predicted octanol–water partition coefficient (Wildman–Crippen LogP) is 1.34. The van der Waals surface area contributed by atoms with E-state index < -0.39 is 0 Å². The second-order valence-corrected chi connectivity index (χ2v) is 5.37. The average molecular weight is 300 g/mol. The van der Waals surface area contributed by atoms with Gasteiger partial charge >= 0.3 is 0 Å². The number of amides is 1. The second kappa shape index (κ2) is 7.02. The van der Waals surface area contributed by atoms with Gasteiger partial charge in [-0.15, -0.1) is 0 Å². The number of carbonyl (C=O) groups is 1. The minimum absolute atomic E-state index is 0.167. The van der Waals surface area contributed by atoms with Crippen molar-refractivity contribution in [2.45, 2.75) is 25.3 Å². The summed E-state index contributed by atoms with van der Waals surface area (Å²) in [5.74, 6) is 0.726. The molecule has 0 radical (unpaired) electrons. The molecule has 1 amide bonds. The van der Waals surface area contributed by atoms with Gasteiger partial charge in [0.2, 0.25) is 11.9 Å². The Balaban J connectivity index is 1.47. The van der Waals surface area contributed by atoms with Crippen LogP contribution in [0, 0.1) is 0 Å². The van der Waals surface area contributed by atoms with Crippen LogP contribution in [0.2, 0.25) is 0 Å². The molecule has 0 spiro atoms. The van der Waals surface area contributed by atoms with Crippen LogP contribution < -0.4 is 5.32 Å². The first-order chi connectivity index (χ1) is 10.8. The number of hydrogen-bond donors (Lipinski definition) is 1. The third-order valence-corrected chi connectivity index (χ3v) is 3.84. The van der Waals surface area contributed by atoms with Crippen LogP contribution in [-0.4, -0.2) is 50.2 Å². The summed E-state index contributed by atoms with van der Waals surface area (Å²) in [5, 5.41) is 7.35. The number of aromatic nitrogens is 4. The molecule has 7 nitrogen and oxygen atoms in total. The van der Waals surface area contributed by atoms with Gasteiger partial charge in [0, 0.05) is 50.8 Å². The lowest BCUT2D eigenvalue weighted by atomic mass is 10.1. The molecule has 22 heavy (non-hydrogen) atoms. The standard InChI is InChI=1S/C15H20N6O/c22-14(5-9-18-15-16-6-2-7-17-15)20-10-1-4-13(12-20)21-11-3-8-19-21/h2-3,6-8,11,13H,1,4-5,9-10,12H2,(H,16,17,18)/t13-/m0/s1. The van der Waals surface area contributed by atoms with Crippen molar-refractivity contribution >= 4 is 11.9 Å². The maximum absolute atomic E-state index is 12.3. The first-order valence-corrected chi connectivity index (χ1v) is 7.61. The highest BCUT2D eigenvalue weighted by atomic mass is 16.2. The molecule has 7 heteroatoms. The Morgan fingerprint density at radius 1 is 1.27 bits per heavy atom. The van der Waals surface area contributed by atoms with Gasteiger partial charge in [0.1, 0.15) is 0 Å². The van der Waals surface area contributed by atoms with E-state index in [-0.39, 0.29) is 11.9 Å². The topological polar surface area (TPSA) is 75.9 Å². The van der Waals surface area contributed by atoms with Crippen molar-refractivity contribution in [3.8, 4) is 0 Å². The molecule has 0 saturated carbocycles. The van der Waals surface area contributed by atoms with E-state index in [0.29, 0.717) is 18.9 Å². The van der Waals surface area contributed by atoms with E-state index in [1.54, 1.807) is 24.7 Å². The van der Waals surface area contributed by atoms with E-state index in [2.05, 4.69) is 20.4 Å². The number of carbonyl (C=O) groups excluding carboxylic acids is 1. The molecule has 1 aliphatic heterocycles. The second-order valence-electron chi connectivity index (χ2n) is 5.37. The van der Waals surface area contributed by atoms with Crippen LogP contribution in [0.1, 0.15) is 25.3 Å². The maximum Gasteiger partial charge on any atom is 0.224 e. The van der Waals surface area contributed by atoms with Crippen molar-refractivity contribution in [2.75, 3.05) is 25.0 Å². The van der Waals surface area contributed by atoms with E-state index in [1.807, 2.05) is 21.8 Å². The number of anilines is 1. The number of likely N-dealkylation sites (tertiary alicyclic amines) is 1. The van der Waals surface area contributed by atoms with E-state index in [0.717, 1.165) is 25.9 Å². The van der Waals surface area contributed by atoms with Crippen LogP contribution in [-0.2, 0) is 4.79 Å². The summed E-state index contributed by atoms with van der Waals surface area (Å²) in [6.45, 7) is 2.12. The Kier molecular flexibility index (Phi) is 4.62. The van der Waals surface area contributed by atoms with Crippen LogP contribution in [0.3, 0.4) is 0 Å². The highest BCUT2D eigenvalue weighted by Crippen LogP contribution is 2.21. The van der Waals surface area contributed by atoms with Crippen molar-refractivity contribution in [1.82, 2.24) is 24.6 Å². The molecule has 3 heterocycles. The summed E-state index contributed by atoms with van der Waals surface area (Å²) >= 11 is 0. The number of rotatable bonds is 5. The molecule has 2 aromatic rings. The highest BCUT2D eigenvalue weighted by Gasteiger charge is 2.24. The summed E-state index contributed by atoms with van der Waals surface area (Å²) in [7, 11) is 0. The first kappa shape index (κ1) is 14.5. The van der Waals surface area contributed by atoms with Crippen LogP contribution in [0.15, 0.2) is 36.9 Å². The minimum Gasteiger partial charge on any atom is -0.354 e. The summed E-state index contributed by atoms with van der Waals surface area (Å²) in [6, 6.07) is 3.97. The molecule has 116 valence electrons. The fraction of sp³-hybridized carbons (Fsp3) is 0.467. The normalized spacial score (nSPS) is 18.2. The molecule has 3 rings (SSSR count). The van der Waals surface area contributed by atoms with E-state index in [4.69, 9.17) is 0 Å². The van der Waals surface area contributed by atoms with E-state index in [9.17, 15) is 4.79 Å². The Bertz CT molecular complexity index is 585. The highest BCUT2D eigenvalue weighted by molar-refractivity contribution is 5.76. The Morgan fingerprint density at radius 3 is 2.91 bits per heavy atom. The number of nitrogens with zero attached hydrogens (tertiary/aromatic N) is 5. The molecule has 1 aliphatic rings. The van der Waals surface area contributed by atoms with Crippen molar-refractivity contribution in [1.29, 1.82) is 0 Å². The van der Waals surface area contributed by atoms with Crippen molar-refractivity contribution in [2.24, 2.45) is 0 Å². The third kappa shape index (κ3) is 3.60. The SMILES string of the molecule is O=C(CCNc1ncccn1)N1CCC[C@H](n2cccn2)C1. The molecule has 0 unspecified atom stereocenters. The minimum atomic E-state index is 0.167. The molecule has 1 atom stereocenters. The first-order valence-electron chi connectivity index (χ1n) is 7.61. The Labute approximate surface area is 129 Å². The third-order valence-electron chi connectivity index (χ3n) is 3.84. The summed E-state index contributed by atoms with van der Waals surface area (Å²) in [5.41, 5.74) is 0. The molecule has 1 saturated heterocycles. The number of piperidine rings is 1. The summed E-state index contributed by atoms with van der Waals surface area (Å²) in [4.78, 5) is 22.4. The van der Waals surface area contributed by atoms with Gasteiger partial charge in [-0.2, -0.15) is 5.10 Å². The van der Waals surface area contributed by atoms with Crippen molar-refractivity contribution < 1.29 is 4.79 Å². The van der Waals surface area contributed by atoms with Gasteiger partial charge in [0.25, 0.3) is 0 Å². The smallest absolute Gasteiger partial charge is 0.224 e. The van der Waals surface area contributed by atoms with Crippen LogP contribution in [0.5, 0.6) is 0 Å². The van der Waals surface area contributed by atoms with Crippen LogP contribution in [0.25, 0.3) is 0 Å². The van der Waals surface area contributed by atoms with Gasteiger partial charge in [-0.1, -0.05) is 0 Å². The van der Waals surface area contributed by atoms with Gasteiger partial charge in [-0.3, -0.25) is 9.48 Å². The molecule has 0 aromatic carbocycles. The lowest BCUT2D eigenvalue weighted by molar-refractivity contribution is -0.132. The van der Waals surface area contributed by atoms with Gasteiger partial charge < -0.3 is 10.2 Å². The lowest BCUT2D eigenvalue weighted by Crippen LogP contribution is -2.41. The number of nitrogens with one attached hydrogen (secondary N) is 1. The largest absolute Gasteiger partial charge is 0.354 e. The van der Waals surface area contributed by atoms with E-state index >= 15 is 0 Å². The molecule has 0 aliphatic carbocycles. The van der Waals surface area contributed by atoms with Crippen molar-refractivity contribution in [3.05, 3.63) is 36.9 Å². The fourth-order valence-corrected chi connectivity index (χ4v) is 2.72. The van der Waals surface area contributed by atoms with Gasteiger partial charge in [-0.05, 0) is 25.0 Å². The zero-order chi connectivity index (χ0) is 15.2. The summed E-state index contributed by atoms with van der Waals surface area (Å²) < 4.78 is 1.95. The van der Waals surface area contributed by atoms with Gasteiger partial charge in [0.05, 0.1) is 6.04 Å². The lowest BCUT2D eigenvalue weighted by Gasteiger charge is -2.33. The van der Waals surface area contributed by atoms with E-state index in [1.165, 1.54) is 0 Å². The predicted molar refractivity (Wildman–Crippen MR) is 82.2 cm³/mol. The van der Waals surface area contributed by atoms with Crippen LogP contribution in [0.4, 0.5) is 5.95 Å². The zero-order valence-corrected chi connectivity index (χ0v) is 12.4.